The summed E-state index contributed by atoms with van der Waals surface area (Å²) in [5.74, 6) is 3.39. The first-order chi connectivity index (χ1) is 12.1. The summed E-state index contributed by atoms with van der Waals surface area (Å²) in [6.45, 7) is 4.19. The van der Waals surface area contributed by atoms with Gasteiger partial charge in [0.2, 0.25) is 0 Å². The molecular formula is C18H25N5O2. The number of ether oxygens (including phenoxy) is 2. The smallest absolute Gasteiger partial charge is 0.159 e. The first kappa shape index (κ1) is 17.1. The monoisotopic (exact) mass is 343 g/mol. The molecule has 1 saturated heterocycles. The highest BCUT2D eigenvalue weighted by molar-refractivity contribution is 5.80. The lowest BCUT2D eigenvalue weighted by Crippen LogP contribution is -2.35. The number of nitrogen functional groups attached to an aromatic ring is 1. The number of hydrogen-bond acceptors (Lipinski definition) is 7. The van der Waals surface area contributed by atoms with Crippen LogP contribution in [0, 0.1) is 5.92 Å². The normalized spacial score (nSPS) is 17.2. The maximum Gasteiger partial charge on any atom is 0.159 e. The average molecular weight is 343 g/mol. The number of anilines is 4. The highest BCUT2D eigenvalue weighted by Gasteiger charge is 2.21. The van der Waals surface area contributed by atoms with Crippen LogP contribution in [0.25, 0.3) is 0 Å². The van der Waals surface area contributed by atoms with E-state index in [1.165, 1.54) is 6.42 Å². The molecule has 1 atom stereocenters. The average Bonchev–Trinajstić information content (AvgIpc) is 2.63. The fourth-order valence-electron chi connectivity index (χ4n) is 3.15. The van der Waals surface area contributed by atoms with E-state index in [1.807, 2.05) is 18.2 Å². The van der Waals surface area contributed by atoms with E-state index in [2.05, 4.69) is 27.1 Å². The van der Waals surface area contributed by atoms with Crippen molar-refractivity contribution in [3.05, 3.63) is 24.5 Å². The molecule has 25 heavy (non-hydrogen) atoms. The molecule has 7 heteroatoms. The van der Waals surface area contributed by atoms with Gasteiger partial charge in [-0.2, -0.15) is 0 Å². The first-order valence-corrected chi connectivity index (χ1v) is 8.46. The van der Waals surface area contributed by atoms with Gasteiger partial charge in [0.05, 0.1) is 19.9 Å². The molecule has 1 aliphatic rings. The van der Waals surface area contributed by atoms with Crippen molar-refractivity contribution in [2.75, 3.05) is 43.3 Å². The molecule has 1 aromatic carbocycles. The molecule has 0 bridgehead atoms. The Morgan fingerprint density at radius 2 is 2.08 bits per heavy atom. The zero-order valence-corrected chi connectivity index (χ0v) is 15.0. The summed E-state index contributed by atoms with van der Waals surface area (Å²) < 4.78 is 10.7. The third-order valence-corrected chi connectivity index (χ3v) is 4.48. The van der Waals surface area contributed by atoms with Crippen LogP contribution in [0.3, 0.4) is 0 Å². The van der Waals surface area contributed by atoms with Gasteiger partial charge in [-0.1, -0.05) is 6.92 Å². The van der Waals surface area contributed by atoms with E-state index in [0.29, 0.717) is 23.2 Å². The van der Waals surface area contributed by atoms with E-state index in [9.17, 15) is 0 Å². The van der Waals surface area contributed by atoms with Crippen LogP contribution in [0.15, 0.2) is 24.5 Å². The number of aromatic nitrogens is 2. The van der Waals surface area contributed by atoms with Crippen LogP contribution < -0.4 is 25.4 Å². The molecule has 1 unspecified atom stereocenters. The summed E-state index contributed by atoms with van der Waals surface area (Å²) in [4.78, 5) is 11.0. The van der Waals surface area contributed by atoms with Gasteiger partial charge in [-0.15, -0.1) is 0 Å². The largest absolute Gasteiger partial charge is 0.497 e. The van der Waals surface area contributed by atoms with Crippen molar-refractivity contribution in [3.63, 3.8) is 0 Å². The molecular weight excluding hydrogens is 318 g/mol. The molecule has 0 radical (unpaired) electrons. The molecule has 1 aromatic heterocycles. The highest BCUT2D eigenvalue weighted by Crippen LogP contribution is 2.35. The SMILES string of the molecule is COc1ccc(Nc2ncnc(N3CCCC(C)C3)c2N)c(OC)c1. The zero-order chi connectivity index (χ0) is 17.8. The third kappa shape index (κ3) is 3.70. The van der Waals surface area contributed by atoms with Gasteiger partial charge < -0.3 is 25.4 Å². The van der Waals surface area contributed by atoms with Gasteiger partial charge in [0.15, 0.2) is 11.6 Å². The van der Waals surface area contributed by atoms with E-state index in [0.717, 1.165) is 36.8 Å². The lowest BCUT2D eigenvalue weighted by atomic mass is 10.0. The molecule has 0 saturated carbocycles. The number of benzene rings is 1. The standard InChI is InChI=1S/C18H25N5O2/c1-12-5-4-8-23(10-12)18-16(19)17(20-11-21-18)22-14-7-6-13(24-2)9-15(14)25-3/h6-7,9,11-12H,4-5,8,10,19H2,1-3H3,(H,20,21,22). The zero-order valence-electron chi connectivity index (χ0n) is 15.0. The number of nitrogens with one attached hydrogen (secondary N) is 1. The second-order valence-corrected chi connectivity index (χ2v) is 6.34. The van der Waals surface area contributed by atoms with Crippen molar-refractivity contribution >= 4 is 23.0 Å². The molecule has 0 aliphatic carbocycles. The Kier molecular flexibility index (Phi) is 5.11. The number of methoxy groups -OCH3 is 2. The molecule has 3 N–H and O–H groups in total. The van der Waals surface area contributed by atoms with Crippen LogP contribution in [0.5, 0.6) is 11.5 Å². The van der Waals surface area contributed by atoms with Gasteiger partial charge >= 0.3 is 0 Å². The Labute approximate surface area is 148 Å². The van der Waals surface area contributed by atoms with E-state index in [1.54, 1.807) is 20.5 Å². The Morgan fingerprint density at radius 3 is 2.80 bits per heavy atom. The second-order valence-electron chi connectivity index (χ2n) is 6.34. The molecule has 2 heterocycles. The second kappa shape index (κ2) is 7.46. The van der Waals surface area contributed by atoms with Crippen molar-refractivity contribution in [2.45, 2.75) is 19.8 Å². The van der Waals surface area contributed by atoms with Crippen LogP contribution in [0.1, 0.15) is 19.8 Å². The molecule has 0 spiro atoms. The highest BCUT2D eigenvalue weighted by atomic mass is 16.5. The lowest BCUT2D eigenvalue weighted by Gasteiger charge is -2.32. The van der Waals surface area contributed by atoms with Gasteiger partial charge in [0.25, 0.3) is 0 Å². The van der Waals surface area contributed by atoms with E-state index in [4.69, 9.17) is 15.2 Å². The van der Waals surface area contributed by atoms with Crippen LogP contribution in [0.2, 0.25) is 0 Å². The predicted molar refractivity (Wildman–Crippen MR) is 99.9 cm³/mol. The minimum Gasteiger partial charge on any atom is -0.497 e. The van der Waals surface area contributed by atoms with Crippen molar-refractivity contribution < 1.29 is 9.47 Å². The van der Waals surface area contributed by atoms with E-state index < -0.39 is 0 Å². The molecule has 2 aromatic rings. The van der Waals surface area contributed by atoms with Crippen LogP contribution in [0.4, 0.5) is 23.0 Å². The van der Waals surface area contributed by atoms with Crippen molar-refractivity contribution in [1.29, 1.82) is 0 Å². The number of hydrogen-bond donors (Lipinski definition) is 2. The van der Waals surface area contributed by atoms with Crippen LogP contribution in [-0.2, 0) is 0 Å². The molecule has 1 aliphatic heterocycles. The third-order valence-electron chi connectivity index (χ3n) is 4.48. The minimum atomic E-state index is 0.550. The maximum absolute atomic E-state index is 6.36. The Bertz CT molecular complexity index is 737. The van der Waals surface area contributed by atoms with Gasteiger partial charge in [0.1, 0.15) is 23.5 Å². The summed E-state index contributed by atoms with van der Waals surface area (Å²) in [6.07, 6.45) is 3.94. The molecule has 3 rings (SSSR count). The topological polar surface area (TPSA) is 85.5 Å². The van der Waals surface area contributed by atoms with Crippen molar-refractivity contribution in [1.82, 2.24) is 9.97 Å². The van der Waals surface area contributed by atoms with Gasteiger partial charge in [-0.3, -0.25) is 0 Å². The van der Waals surface area contributed by atoms with E-state index in [-0.39, 0.29) is 0 Å². The van der Waals surface area contributed by atoms with E-state index >= 15 is 0 Å². The molecule has 1 fully saturated rings. The number of piperidine rings is 1. The quantitative estimate of drug-likeness (QED) is 0.863. The summed E-state index contributed by atoms with van der Waals surface area (Å²) in [6, 6.07) is 5.55. The number of nitrogens with zero attached hydrogens (tertiary/aromatic N) is 3. The van der Waals surface area contributed by atoms with Crippen molar-refractivity contribution in [3.8, 4) is 11.5 Å². The Hall–Kier alpha value is -2.70. The summed E-state index contributed by atoms with van der Waals surface area (Å²) in [5.41, 5.74) is 7.68. The van der Waals surface area contributed by atoms with Gasteiger partial charge in [0, 0.05) is 19.2 Å². The molecule has 134 valence electrons. The summed E-state index contributed by atoms with van der Waals surface area (Å²) in [7, 11) is 3.24. The van der Waals surface area contributed by atoms with Crippen LogP contribution in [-0.4, -0.2) is 37.3 Å². The predicted octanol–water partition coefficient (Wildman–Crippen LogP) is 3.06. The van der Waals surface area contributed by atoms with Gasteiger partial charge in [-0.25, -0.2) is 9.97 Å². The minimum absolute atomic E-state index is 0.550. The Balaban J connectivity index is 1.87. The number of rotatable bonds is 5. The van der Waals surface area contributed by atoms with Gasteiger partial charge in [-0.05, 0) is 30.9 Å². The fourth-order valence-corrected chi connectivity index (χ4v) is 3.15. The number of nitrogens with two attached hydrogens (primary N) is 1. The first-order valence-electron chi connectivity index (χ1n) is 8.46. The fraction of sp³-hybridized carbons (Fsp3) is 0.444. The van der Waals surface area contributed by atoms with Crippen LogP contribution >= 0.6 is 0 Å². The van der Waals surface area contributed by atoms with Crippen molar-refractivity contribution in [2.24, 2.45) is 5.92 Å². The summed E-state index contributed by atoms with van der Waals surface area (Å²) in [5, 5.41) is 3.25. The maximum atomic E-state index is 6.36. The summed E-state index contributed by atoms with van der Waals surface area (Å²) >= 11 is 0. The molecule has 0 amide bonds. The Morgan fingerprint density at radius 1 is 1.24 bits per heavy atom. The molecule has 7 nitrogen and oxygen atoms in total. The lowest BCUT2D eigenvalue weighted by molar-refractivity contribution is 0.395.